The van der Waals surface area contributed by atoms with Crippen LogP contribution in [0.2, 0.25) is 0 Å². The standard InChI is InChI=1S/C16H23FN2O3S/c1-3-19(4-2)15-6-5-12(9-14(15)17)10-18-16(20)13-7-8-23(21,22)11-13/h5-6,9,13H,3-4,7-8,10-11H2,1-2H3,(H,18,20)/t13-/m0/s1. The van der Waals surface area contributed by atoms with Gasteiger partial charge in [-0.3, -0.25) is 4.79 Å². The van der Waals surface area contributed by atoms with Crippen LogP contribution in [0.3, 0.4) is 0 Å². The van der Waals surface area contributed by atoms with Gasteiger partial charge in [0.2, 0.25) is 5.91 Å². The molecule has 1 saturated heterocycles. The highest BCUT2D eigenvalue weighted by Gasteiger charge is 2.32. The number of hydrogen-bond acceptors (Lipinski definition) is 4. The Morgan fingerprint density at radius 1 is 1.35 bits per heavy atom. The molecule has 1 aromatic rings. The van der Waals surface area contributed by atoms with Gasteiger partial charge in [0.25, 0.3) is 0 Å². The summed E-state index contributed by atoms with van der Waals surface area (Å²) in [6, 6.07) is 4.91. The molecule has 2 rings (SSSR count). The second kappa shape index (κ2) is 7.29. The lowest BCUT2D eigenvalue weighted by Gasteiger charge is -2.22. The molecule has 0 unspecified atom stereocenters. The number of amides is 1. The molecule has 0 radical (unpaired) electrons. The van der Waals surface area contributed by atoms with E-state index < -0.39 is 15.8 Å². The third kappa shape index (κ3) is 4.43. The van der Waals surface area contributed by atoms with Gasteiger partial charge in [-0.25, -0.2) is 12.8 Å². The van der Waals surface area contributed by atoms with Crippen molar-refractivity contribution in [3.8, 4) is 0 Å². The van der Waals surface area contributed by atoms with Crippen molar-refractivity contribution in [2.75, 3.05) is 29.5 Å². The topological polar surface area (TPSA) is 66.5 Å². The van der Waals surface area contributed by atoms with Crippen LogP contribution in [0.1, 0.15) is 25.8 Å². The molecule has 7 heteroatoms. The molecule has 1 amide bonds. The van der Waals surface area contributed by atoms with E-state index >= 15 is 0 Å². The van der Waals surface area contributed by atoms with Crippen LogP contribution in [-0.2, 0) is 21.2 Å². The normalized spacial score (nSPS) is 19.5. The summed E-state index contributed by atoms with van der Waals surface area (Å²) in [7, 11) is -3.08. The molecule has 1 fully saturated rings. The predicted octanol–water partition coefficient (Wildman–Crippen LogP) is 1.72. The smallest absolute Gasteiger partial charge is 0.224 e. The van der Waals surface area contributed by atoms with Crippen LogP contribution >= 0.6 is 0 Å². The molecule has 1 heterocycles. The summed E-state index contributed by atoms with van der Waals surface area (Å²) in [4.78, 5) is 13.9. The van der Waals surface area contributed by atoms with Crippen molar-refractivity contribution in [1.29, 1.82) is 0 Å². The van der Waals surface area contributed by atoms with E-state index in [9.17, 15) is 17.6 Å². The van der Waals surface area contributed by atoms with Crippen molar-refractivity contribution in [1.82, 2.24) is 5.32 Å². The van der Waals surface area contributed by atoms with Crippen molar-refractivity contribution in [3.05, 3.63) is 29.6 Å². The highest BCUT2D eigenvalue weighted by molar-refractivity contribution is 7.91. The summed E-state index contributed by atoms with van der Waals surface area (Å²) < 4.78 is 36.9. The highest BCUT2D eigenvalue weighted by atomic mass is 32.2. The van der Waals surface area contributed by atoms with Crippen LogP contribution in [-0.4, -0.2) is 38.9 Å². The molecular formula is C16H23FN2O3S. The monoisotopic (exact) mass is 342 g/mol. The Kier molecular flexibility index (Phi) is 5.62. The quantitative estimate of drug-likeness (QED) is 0.855. The molecule has 0 aromatic heterocycles. The number of carbonyl (C=O) groups is 1. The fourth-order valence-corrected chi connectivity index (χ4v) is 4.56. The lowest BCUT2D eigenvalue weighted by molar-refractivity contribution is -0.124. The Morgan fingerprint density at radius 2 is 2.04 bits per heavy atom. The van der Waals surface area contributed by atoms with Crippen molar-refractivity contribution < 1.29 is 17.6 Å². The van der Waals surface area contributed by atoms with Crippen LogP contribution < -0.4 is 10.2 Å². The predicted molar refractivity (Wildman–Crippen MR) is 88.6 cm³/mol. The van der Waals surface area contributed by atoms with Gasteiger partial charge in [-0.05, 0) is 38.0 Å². The number of benzene rings is 1. The molecule has 0 bridgehead atoms. The van der Waals surface area contributed by atoms with E-state index in [2.05, 4.69) is 5.32 Å². The number of rotatable bonds is 6. The Labute approximate surface area is 136 Å². The zero-order valence-electron chi connectivity index (χ0n) is 13.5. The van der Waals surface area contributed by atoms with Gasteiger partial charge in [0, 0.05) is 19.6 Å². The Morgan fingerprint density at radius 3 is 2.57 bits per heavy atom. The van der Waals surface area contributed by atoms with Gasteiger partial charge in [0.1, 0.15) is 5.82 Å². The maximum Gasteiger partial charge on any atom is 0.224 e. The molecule has 0 spiro atoms. The Bertz CT molecular complexity index is 672. The third-order valence-electron chi connectivity index (χ3n) is 4.19. The van der Waals surface area contributed by atoms with E-state index in [1.165, 1.54) is 6.07 Å². The van der Waals surface area contributed by atoms with E-state index in [-0.39, 0.29) is 29.8 Å². The van der Waals surface area contributed by atoms with E-state index in [1.54, 1.807) is 12.1 Å². The first kappa shape index (κ1) is 17.7. The minimum Gasteiger partial charge on any atom is -0.370 e. The van der Waals surface area contributed by atoms with Crippen molar-refractivity contribution in [3.63, 3.8) is 0 Å². The zero-order chi connectivity index (χ0) is 17.0. The summed E-state index contributed by atoms with van der Waals surface area (Å²) in [6.45, 7) is 5.57. The lowest BCUT2D eigenvalue weighted by atomic mass is 10.1. The maximum atomic E-state index is 14.2. The number of hydrogen-bond donors (Lipinski definition) is 1. The first-order valence-corrected chi connectivity index (χ1v) is 9.70. The molecule has 1 aliphatic rings. The molecule has 1 aromatic carbocycles. The van der Waals surface area contributed by atoms with Crippen molar-refractivity contribution >= 4 is 21.4 Å². The van der Waals surface area contributed by atoms with Gasteiger partial charge in [-0.15, -0.1) is 0 Å². The van der Waals surface area contributed by atoms with Gasteiger partial charge >= 0.3 is 0 Å². The van der Waals surface area contributed by atoms with E-state index in [0.29, 0.717) is 17.7 Å². The van der Waals surface area contributed by atoms with Gasteiger partial charge < -0.3 is 10.2 Å². The lowest BCUT2D eigenvalue weighted by Crippen LogP contribution is -2.31. The summed E-state index contributed by atoms with van der Waals surface area (Å²) in [5.41, 5.74) is 1.21. The minimum absolute atomic E-state index is 0.0677. The molecule has 5 nitrogen and oxygen atoms in total. The van der Waals surface area contributed by atoms with Gasteiger partial charge in [0.05, 0.1) is 23.1 Å². The second-order valence-electron chi connectivity index (χ2n) is 5.78. The largest absolute Gasteiger partial charge is 0.370 e. The van der Waals surface area contributed by atoms with Crippen LogP contribution in [0.15, 0.2) is 18.2 Å². The summed E-state index contributed by atoms with van der Waals surface area (Å²) in [5.74, 6) is -1.10. The first-order valence-electron chi connectivity index (χ1n) is 7.87. The number of carbonyl (C=O) groups excluding carboxylic acids is 1. The second-order valence-corrected chi connectivity index (χ2v) is 8.00. The number of nitrogens with zero attached hydrogens (tertiary/aromatic N) is 1. The van der Waals surface area contributed by atoms with E-state index in [1.807, 2.05) is 18.7 Å². The number of halogens is 1. The van der Waals surface area contributed by atoms with Crippen LogP contribution in [0, 0.1) is 11.7 Å². The molecule has 0 saturated carbocycles. The van der Waals surface area contributed by atoms with E-state index in [4.69, 9.17) is 0 Å². The Balaban J connectivity index is 1.96. The van der Waals surface area contributed by atoms with Crippen LogP contribution in [0.25, 0.3) is 0 Å². The van der Waals surface area contributed by atoms with E-state index in [0.717, 1.165) is 13.1 Å². The highest BCUT2D eigenvalue weighted by Crippen LogP contribution is 2.21. The summed E-state index contributed by atoms with van der Waals surface area (Å²) in [6.07, 6.45) is 0.365. The van der Waals surface area contributed by atoms with Gasteiger partial charge in [-0.1, -0.05) is 6.07 Å². The summed E-state index contributed by atoms with van der Waals surface area (Å²) in [5, 5.41) is 2.70. The maximum absolute atomic E-state index is 14.2. The van der Waals surface area contributed by atoms with Gasteiger partial charge in [0.15, 0.2) is 9.84 Å². The van der Waals surface area contributed by atoms with Crippen molar-refractivity contribution in [2.45, 2.75) is 26.8 Å². The molecule has 128 valence electrons. The zero-order valence-corrected chi connectivity index (χ0v) is 14.3. The first-order chi connectivity index (χ1) is 10.9. The average molecular weight is 342 g/mol. The average Bonchev–Trinajstić information content (AvgIpc) is 2.88. The van der Waals surface area contributed by atoms with Crippen LogP contribution in [0.4, 0.5) is 10.1 Å². The molecule has 1 N–H and O–H groups in total. The Hall–Kier alpha value is -1.63. The third-order valence-corrected chi connectivity index (χ3v) is 5.95. The fraction of sp³-hybridized carbons (Fsp3) is 0.562. The van der Waals surface area contributed by atoms with Crippen LogP contribution in [0.5, 0.6) is 0 Å². The SMILES string of the molecule is CCN(CC)c1ccc(CNC(=O)[C@H]2CCS(=O)(=O)C2)cc1F. The molecule has 0 aliphatic carbocycles. The number of sulfone groups is 1. The molecular weight excluding hydrogens is 319 g/mol. The number of nitrogens with one attached hydrogen (secondary N) is 1. The fourth-order valence-electron chi connectivity index (χ4n) is 2.82. The summed E-state index contributed by atoms with van der Waals surface area (Å²) >= 11 is 0. The van der Waals surface area contributed by atoms with Crippen molar-refractivity contribution in [2.24, 2.45) is 5.92 Å². The minimum atomic E-state index is -3.08. The number of anilines is 1. The molecule has 1 atom stereocenters. The van der Waals surface area contributed by atoms with Gasteiger partial charge in [-0.2, -0.15) is 0 Å². The molecule has 23 heavy (non-hydrogen) atoms. The molecule has 1 aliphatic heterocycles.